The highest BCUT2D eigenvalue weighted by molar-refractivity contribution is 14.0. The van der Waals surface area contributed by atoms with Crippen molar-refractivity contribution >= 4 is 51.7 Å². The van der Waals surface area contributed by atoms with Gasteiger partial charge in [0, 0.05) is 50.9 Å². The maximum absolute atomic E-state index is 4.61. The van der Waals surface area contributed by atoms with Gasteiger partial charge in [-0.1, -0.05) is 34.1 Å². The summed E-state index contributed by atoms with van der Waals surface area (Å²) in [6.45, 7) is 3.76. The third kappa shape index (κ3) is 6.34. The quantitative estimate of drug-likeness (QED) is 0.347. The summed E-state index contributed by atoms with van der Waals surface area (Å²) in [7, 11) is 3.86. The van der Waals surface area contributed by atoms with Crippen molar-refractivity contribution in [1.82, 2.24) is 15.2 Å². The second kappa shape index (κ2) is 10.8. The second-order valence-corrected chi connectivity index (χ2v) is 7.52. The van der Waals surface area contributed by atoms with Gasteiger partial charge >= 0.3 is 0 Å². The summed E-state index contributed by atoms with van der Waals surface area (Å²) in [6, 6.07) is 12.6. The van der Waals surface area contributed by atoms with Crippen LogP contribution in [0.4, 0.5) is 5.82 Å². The molecule has 146 valence electrons. The summed E-state index contributed by atoms with van der Waals surface area (Å²) in [6.07, 6.45) is 4.50. The monoisotopic (exact) mass is 543 g/mol. The van der Waals surface area contributed by atoms with Crippen LogP contribution in [0.1, 0.15) is 24.0 Å². The molecule has 1 saturated heterocycles. The zero-order valence-corrected chi connectivity index (χ0v) is 19.8. The van der Waals surface area contributed by atoms with Crippen LogP contribution in [0.2, 0.25) is 0 Å². The molecule has 0 unspecified atom stereocenters. The fourth-order valence-corrected chi connectivity index (χ4v) is 3.42. The van der Waals surface area contributed by atoms with Gasteiger partial charge in [-0.25, -0.2) is 4.98 Å². The molecule has 0 spiro atoms. The largest absolute Gasteiger partial charge is 0.357 e. The van der Waals surface area contributed by atoms with E-state index >= 15 is 0 Å². The number of halogens is 2. The van der Waals surface area contributed by atoms with Crippen molar-refractivity contribution in [1.29, 1.82) is 0 Å². The first-order chi connectivity index (χ1) is 12.7. The van der Waals surface area contributed by atoms with Crippen LogP contribution in [0, 0.1) is 0 Å². The van der Waals surface area contributed by atoms with Crippen LogP contribution in [-0.4, -0.2) is 43.0 Å². The summed E-state index contributed by atoms with van der Waals surface area (Å²) in [5, 5.41) is 3.42. The Labute approximate surface area is 187 Å². The van der Waals surface area contributed by atoms with Gasteiger partial charge < -0.3 is 15.1 Å². The van der Waals surface area contributed by atoms with E-state index in [1.54, 1.807) is 0 Å². The lowest BCUT2D eigenvalue weighted by Crippen LogP contribution is -2.38. The predicted octanol–water partition coefficient (Wildman–Crippen LogP) is 4.27. The fourth-order valence-electron chi connectivity index (χ4n) is 3.16. The number of nitrogens with zero attached hydrogens (tertiary/aromatic N) is 4. The highest BCUT2D eigenvalue weighted by atomic mass is 127. The molecule has 1 N–H and O–H groups in total. The molecule has 0 bridgehead atoms. The molecule has 7 heteroatoms. The van der Waals surface area contributed by atoms with Crippen molar-refractivity contribution in [3.8, 4) is 0 Å². The summed E-state index contributed by atoms with van der Waals surface area (Å²) < 4.78 is 1.09. The minimum absolute atomic E-state index is 0. The molecule has 2 heterocycles. The molecule has 1 aromatic heterocycles. The standard InChI is InChI=1S/C20H26BrN5.HI/c1-22-20(25(2)15-16-5-8-18(21)9-6-16)24-14-17-7-10-19(23-13-17)26-11-3-4-12-26;/h5-10,13H,3-4,11-12,14-15H2,1-2H3,(H,22,24);1H. The SMILES string of the molecule is CN=C(NCc1ccc(N2CCCC2)nc1)N(C)Cc1ccc(Br)cc1.I. The number of hydrogen-bond donors (Lipinski definition) is 1. The van der Waals surface area contributed by atoms with Crippen LogP contribution in [0.5, 0.6) is 0 Å². The molecule has 0 saturated carbocycles. The first-order valence-electron chi connectivity index (χ1n) is 9.02. The van der Waals surface area contributed by atoms with Crippen molar-refractivity contribution in [3.05, 3.63) is 58.2 Å². The summed E-state index contributed by atoms with van der Waals surface area (Å²) in [5.74, 6) is 1.96. The third-order valence-electron chi connectivity index (χ3n) is 4.60. The van der Waals surface area contributed by atoms with Gasteiger partial charge in [0.2, 0.25) is 0 Å². The number of guanidine groups is 1. The first kappa shape index (κ1) is 21.9. The molecule has 5 nitrogen and oxygen atoms in total. The Bertz CT molecular complexity index is 727. The molecule has 3 rings (SSSR count). The average molecular weight is 544 g/mol. The summed E-state index contributed by atoms with van der Waals surface area (Å²) in [5.41, 5.74) is 2.40. The highest BCUT2D eigenvalue weighted by Crippen LogP contribution is 2.17. The molecule has 0 aliphatic carbocycles. The molecular formula is C20H27BrIN5. The Morgan fingerprint density at radius 1 is 1.15 bits per heavy atom. The van der Waals surface area contributed by atoms with E-state index in [9.17, 15) is 0 Å². The van der Waals surface area contributed by atoms with Crippen LogP contribution in [0.3, 0.4) is 0 Å². The van der Waals surface area contributed by atoms with Crippen LogP contribution in [0.25, 0.3) is 0 Å². The van der Waals surface area contributed by atoms with E-state index < -0.39 is 0 Å². The van der Waals surface area contributed by atoms with E-state index in [2.05, 4.69) is 77.4 Å². The highest BCUT2D eigenvalue weighted by Gasteiger charge is 2.13. The minimum Gasteiger partial charge on any atom is -0.357 e. The molecular weight excluding hydrogens is 517 g/mol. The third-order valence-corrected chi connectivity index (χ3v) is 5.12. The Morgan fingerprint density at radius 2 is 1.81 bits per heavy atom. The lowest BCUT2D eigenvalue weighted by molar-refractivity contribution is 0.476. The van der Waals surface area contributed by atoms with Crippen molar-refractivity contribution in [3.63, 3.8) is 0 Å². The molecule has 1 aliphatic heterocycles. The molecule has 27 heavy (non-hydrogen) atoms. The predicted molar refractivity (Wildman–Crippen MR) is 127 cm³/mol. The van der Waals surface area contributed by atoms with Crippen molar-refractivity contribution in [2.75, 3.05) is 32.1 Å². The molecule has 1 aliphatic rings. The van der Waals surface area contributed by atoms with E-state index in [1.807, 2.05) is 20.3 Å². The molecule has 0 atom stereocenters. The normalized spacial score (nSPS) is 14.0. The number of nitrogens with one attached hydrogen (secondary N) is 1. The average Bonchev–Trinajstić information content (AvgIpc) is 3.19. The number of anilines is 1. The maximum atomic E-state index is 4.61. The molecule has 2 aromatic rings. The Kier molecular flexibility index (Phi) is 8.82. The molecule has 1 aromatic carbocycles. The number of pyridine rings is 1. The van der Waals surface area contributed by atoms with Crippen LogP contribution < -0.4 is 10.2 Å². The smallest absolute Gasteiger partial charge is 0.193 e. The fraction of sp³-hybridized carbons (Fsp3) is 0.400. The number of aliphatic imine (C=N–C) groups is 1. The zero-order valence-electron chi connectivity index (χ0n) is 15.9. The van der Waals surface area contributed by atoms with Crippen molar-refractivity contribution < 1.29 is 0 Å². The van der Waals surface area contributed by atoms with E-state index in [0.717, 1.165) is 41.4 Å². The van der Waals surface area contributed by atoms with E-state index in [1.165, 1.54) is 18.4 Å². The van der Waals surface area contributed by atoms with Gasteiger partial charge in [0.15, 0.2) is 5.96 Å². The van der Waals surface area contributed by atoms with Gasteiger partial charge in [0.1, 0.15) is 5.82 Å². The van der Waals surface area contributed by atoms with Gasteiger partial charge in [-0.15, -0.1) is 24.0 Å². The van der Waals surface area contributed by atoms with Crippen molar-refractivity contribution in [2.45, 2.75) is 25.9 Å². The Hall–Kier alpha value is -1.35. The van der Waals surface area contributed by atoms with Gasteiger partial charge in [0.05, 0.1) is 0 Å². The molecule has 0 amide bonds. The molecule has 0 radical (unpaired) electrons. The van der Waals surface area contributed by atoms with E-state index in [0.29, 0.717) is 6.54 Å². The topological polar surface area (TPSA) is 43.8 Å². The van der Waals surface area contributed by atoms with Gasteiger partial charge in [0.25, 0.3) is 0 Å². The van der Waals surface area contributed by atoms with Crippen molar-refractivity contribution in [2.24, 2.45) is 4.99 Å². The van der Waals surface area contributed by atoms with E-state index in [4.69, 9.17) is 0 Å². The van der Waals surface area contributed by atoms with E-state index in [-0.39, 0.29) is 24.0 Å². The summed E-state index contributed by atoms with van der Waals surface area (Å²) >= 11 is 3.47. The van der Waals surface area contributed by atoms with Gasteiger partial charge in [-0.3, -0.25) is 4.99 Å². The number of benzene rings is 1. The van der Waals surface area contributed by atoms with Crippen LogP contribution >= 0.6 is 39.9 Å². The number of aromatic nitrogens is 1. The van der Waals surface area contributed by atoms with Crippen LogP contribution in [0.15, 0.2) is 52.1 Å². The summed E-state index contributed by atoms with van der Waals surface area (Å²) in [4.78, 5) is 13.5. The van der Waals surface area contributed by atoms with Gasteiger partial charge in [-0.2, -0.15) is 0 Å². The second-order valence-electron chi connectivity index (χ2n) is 6.60. The van der Waals surface area contributed by atoms with Gasteiger partial charge in [-0.05, 0) is 42.2 Å². The zero-order chi connectivity index (χ0) is 18.4. The Morgan fingerprint density at radius 3 is 2.41 bits per heavy atom. The lowest BCUT2D eigenvalue weighted by Gasteiger charge is -2.22. The minimum atomic E-state index is 0. The number of hydrogen-bond acceptors (Lipinski definition) is 3. The van der Waals surface area contributed by atoms with Crippen LogP contribution in [-0.2, 0) is 13.1 Å². The maximum Gasteiger partial charge on any atom is 0.193 e. The Balaban J connectivity index is 0.00000261. The first-order valence-corrected chi connectivity index (χ1v) is 9.81. The number of rotatable bonds is 5. The lowest BCUT2D eigenvalue weighted by atomic mass is 10.2. The molecule has 1 fully saturated rings.